The van der Waals surface area contributed by atoms with Crippen molar-refractivity contribution in [1.82, 2.24) is 0 Å². The van der Waals surface area contributed by atoms with E-state index in [-0.39, 0.29) is 5.91 Å². The molecule has 0 spiro atoms. The van der Waals surface area contributed by atoms with Gasteiger partial charge in [-0.25, -0.2) is 0 Å². The summed E-state index contributed by atoms with van der Waals surface area (Å²) in [5, 5.41) is 2.90. The van der Waals surface area contributed by atoms with Crippen LogP contribution in [-0.4, -0.2) is 19.0 Å². The molecule has 0 aromatic heterocycles. The van der Waals surface area contributed by atoms with Crippen molar-refractivity contribution in [2.45, 2.75) is 20.5 Å². The molecule has 3 aromatic carbocycles. The van der Waals surface area contributed by atoms with Crippen molar-refractivity contribution in [3.05, 3.63) is 96.1 Å². The van der Waals surface area contributed by atoms with Crippen molar-refractivity contribution in [1.29, 1.82) is 0 Å². The molecule has 0 saturated heterocycles. The zero-order chi connectivity index (χ0) is 21.2. The molecule has 0 radical (unpaired) electrons. The number of carbonyl (C=O) groups excluding carboxylic acids is 1. The smallest absolute Gasteiger partial charge is 0.248 e. The van der Waals surface area contributed by atoms with E-state index in [1.54, 1.807) is 6.08 Å². The van der Waals surface area contributed by atoms with Gasteiger partial charge in [-0.15, -0.1) is 0 Å². The molecule has 0 heterocycles. The maximum atomic E-state index is 12.2. The molecule has 154 valence electrons. The summed E-state index contributed by atoms with van der Waals surface area (Å²) >= 11 is 0. The Balaban J connectivity index is 1.50. The van der Waals surface area contributed by atoms with Crippen molar-refractivity contribution in [2.24, 2.45) is 0 Å². The molecule has 3 rings (SSSR count). The summed E-state index contributed by atoms with van der Waals surface area (Å²) in [4.78, 5) is 14.5. The van der Waals surface area contributed by atoms with Gasteiger partial charge in [0.1, 0.15) is 12.4 Å². The highest BCUT2D eigenvalue weighted by Gasteiger charge is 2.03. The van der Waals surface area contributed by atoms with Crippen LogP contribution in [0.15, 0.2) is 84.9 Å². The molecule has 0 aliphatic rings. The number of nitrogens with zero attached hydrogens (tertiary/aromatic N) is 1. The third kappa shape index (κ3) is 6.24. The number of carbonyl (C=O) groups is 1. The van der Waals surface area contributed by atoms with Gasteiger partial charge in [0, 0.05) is 30.5 Å². The normalized spacial score (nSPS) is 10.7. The number of benzene rings is 3. The van der Waals surface area contributed by atoms with E-state index >= 15 is 0 Å². The number of anilines is 2. The van der Waals surface area contributed by atoms with Gasteiger partial charge in [0.2, 0.25) is 5.91 Å². The average molecular weight is 401 g/mol. The fourth-order valence-corrected chi connectivity index (χ4v) is 3.12. The van der Waals surface area contributed by atoms with Gasteiger partial charge in [-0.2, -0.15) is 0 Å². The first-order valence-corrected chi connectivity index (χ1v) is 10.3. The van der Waals surface area contributed by atoms with Gasteiger partial charge in [0.15, 0.2) is 0 Å². The van der Waals surface area contributed by atoms with Gasteiger partial charge >= 0.3 is 0 Å². The summed E-state index contributed by atoms with van der Waals surface area (Å²) in [6, 6.07) is 25.7. The van der Waals surface area contributed by atoms with Gasteiger partial charge in [-0.05, 0) is 67.4 Å². The highest BCUT2D eigenvalue weighted by atomic mass is 16.5. The molecule has 1 N–H and O–H groups in total. The third-order valence-corrected chi connectivity index (χ3v) is 4.82. The van der Waals surface area contributed by atoms with E-state index in [0.29, 0.717) is 6.61 Å². The molecule has 4 nitrogen and oxygen atoms in total. The minimum Gasteiger partial charge on any atom is -0.489 e. The van der Waals surface area contributed by atoms with E-state index in [1.807, 2.05) is 78.9 Å². The molecule has 0 fully saturated rings. The van der Waals surface area contributed by atoms with Crippen LogP contribution in [0.5, 0.6) is 5.75 Å². The van der Waals surface area contributed by atoms with Gasteiger partial charge in [0.05, 0.1) is 0 Å². The molecular formula is C26H28N2O2. The minimum atomic E-state index is -0.157. The van der Waals surface area contributed by atoms with E-state index in [2.05, 4.69) is 24.1 Å². The lowest BCUT2D eigenvalue weighted by molar-refractivity contribution is -0.111. The number of rotatable bonds is 9. The summed E-state index contributed by atoms with van der Waals surface area (Å²) in [5.74, 6) is 0.642. The van der Waals surface area contributed by atoms with Crippen molar-refractivity contribution < 1.29 is 9.53 Å². The molecule has 0 atom stereocenters. The molecule has 1 amide bonds. The molecular weight excluding hydrogens is 372 g/mol. The Bertz CT molecular complexity index is 945. The van der Waals surface area contributed by atoms with Gasteiger partial charge in [-0.1, -0.05) is 42.5 Å². The minimum absolute atomic E-state index is 0.157. The number of hydrogen-bond donors (Lipinski definition) is 1. The molecule has 0 aliphatic heterocycles. The van der Waals surface area contributed by atoms with Crippen LogP contribution >= 0.6 is 0 Å². The summed E-state index contributed by atoms with van der Waals surface area (Å²) in [7, 11) is 0. The maximum Gasteiger partial charge on any atom is 0.248 e. The third-order valence-electron chi connectivity index (χ3n) is 4.82. The molecule has 3 aromatic rings. The first-order valence-electron chi connectivity index (χ1n) is 10.3. The highest BCUT2D eigenvalue weighted by Crippen LogP contribution is 2.18. The van der Waals surface area contributed by atoms with Gasteiger partial charge < -0.3 is 15.0 Å². The number of hydrogen-bond acceptors (Lipinski definition) is 3. The van der Waals surface area contributed by atoms with Crippen LogP contribution in [-0.2, 0) is 11.4 Å². The summed E-state index contributed by atoms with van der Waals surface area (Å²) in [6.45, 7) is 6.71. The fourth-order valence-electron chi connectivity index (χ4n) is 3.12. The van der Waals surface area contributed by atoms with Crippen LogP contribution in [0.4, 0.5) is 11.4 Å². The largest absolute Gasteiger partial charge is 0.489 e. The lowest BCUT2D eigenvalue weighted by Gasteiger charge is -2.21. The standard InChI is InChI=1S/C26H28N2O2/c1-3-28(4-2)24-15-13-23(14-16-24)27-26(29)19-12-21-10-17-25(18-11-21)30-20-22-8-6-5-7-9-22/h5-19H,3-4,20H2,1-2H3,(H,27,29). The van der Waals surface area contributed by atoms with E-state index in [1.165, 1.54) is 6.08 Å². The predicted molar refractivity (Wildman–Crippen MR) is 125 cm³/mol. The molecule has 30 heavy (non-hydrogen) atoms. The zero-order valence-electron chi connectivity index (χ0n) is 17.5. The number of amides is 1. The fraction of sp³-hybridized carbons (Fsp3) is 0.192. The maximum absolute atomic E-state index is 12.2. The van der Waals surface area contributed by atoms with E-state index < -0.39 is 0 Å². The van der Waals surface area contributed by atoms with Crippen molar-refractivity contribution in [2.75, 3.05) is 23.3 Å². The van der Waals surface area contributed by atoms with Crippen LogP contribution < -0.4 is 15.0 Å². The van der Waals surface area contributed by atoms with Crippen LogP contribution in [0.2, 0.25) is 0 Å². The Hall–Kier alpha value is -3.53. The average Bonchev–Trinajstić information content (AvgIpc) is 2.79. The molecule has 0 unspecified atom stereocenters. The Labute approximate surface area is 178 Å². The predicted octanol–water partition coefficient (Wildman–Crippen LogP) is 5.76. The van der Waals surface area contributed by atoms with Crippen molar-refractivity contribution >= 4 is 23.4 Å². The topological polar surface area (TPSA) is 41.6 Å². The Morgan fingerprint density at radius 2 is 1.57 bits per heavy atom. The quantitative estimate of drug-likeness (QED) is 0.464. The Morgan fingerprint density at radius 3 is 2.20 bits per heavy atom. The van der Waals surface area contributed by atoms with Crippen LogP contribution in [0.25, 0.3) is 6.08 Å². The Morgan fingerprint density at radius 1 is 0.900 bits per heavy atom. The van der Waals surface area contributed by atoms with Crippen molar-refractivity contribution in [3.8, 4) is 5.75 Å². The molecule has 0 saturated carbocycles. The highest BCUT2D eigenvalue weighted by molar-refractivity contribution is 6.02. The second-order valence-electron chi connectivity index (χ2n) is 6.89. The molecule has 0 bridgehead atoms. The monoisotopic (exact) mass is 400 g/mol. The summed E-state index contributed by atoms with van der Waals surface area (Å²) in [6.07, 6.45) is 3.33. The van der Waals surface area contributed by atoms with Crippen molar-refractivity contribution in [3.63, 3.8) is 0 Å². The Kier molecular flexibility index (Phi) is 7.67. The van der Waals surface area contributed by atoms with E-state index in [9.17, 15) is 4.79 Å². The molecule has 4 heteroatoms. The van der Waals surface area contributed by atoms with E-state index in [0.717, 1.165) is 41.3 Å². The van der Waals surface area contributed by atoms with Crippen LogP contribution in [0, 0.1) is 0 Å². The lowest BCUT2D eigenvalue weighted by Crippen LogP contribution is -2.21. The zero-order valence-corrected chi connectivity index (χ0v) is 17.5. The lowest BCUT2D eigenvalue weighted by atomic mass is 10.2. The van der Waals surface area contributed by atoms with Crippen LogP contribution in [0.1, 0.15) is 25.0 Å². The summed E-state index contributed by atoms with van der Waals surface area (Å²) in [5.41, 5.74) is 4.01. The second-order valence-corrected chi connectivity index (χ2v) is 6.89. The van der Waals surface area contributed by atoms with Gasteiger partial charge in [-0.3, -0.25) is 4.79 Å². The molecule has 0 aliphatic carbocycles. The SMILES string of the molecule is CCN(CC)c1ccc(NC(=O)C=Cc2ccc(OCc3ccccc3)cc2)cc1. The first kappa shape index (κ1) is 21.2. The number of nitrogens with one attached hydrogen (secondary N) is 1. The van der Waals surface area contributed by atoms with Crippen LogP contribution in [0.3, 0.4) is 0 Å². The summed E-state index contributed by atoms with van der Waals surface area (Å²) < 4.78 is 5.79. The second kappa shape index (κ2) is 10.9. The first-order chi connectivity index (χ1) is 14.7. The number of ether oxygens (including phenoxy) is 1. The van der Waals surface area contributed by atoms with Gasteiger partial charge in [0.25, 0.3) is 0 Å². The van der Waals surface area contributed by atoms with E-state index in [4.69, 9.17) is 4.74 Å².